The van der Waals surface area contributed by atoms with Crippen molar-refractivity contribution in [3.63, 3.8) is 0 Å². The summed E-state index contributed by atoms with van der Waals surface area (Å²) in [5.74, 6) is 0.899. The Hall–Kier alpha value is -1.82. The normalized spacial score (nSPS) is 19.5. The van der Waals surface area contributed by atoms with Crippen molar-refractivity contribution in [3.8, 4) is 11.8 Å². The van der Waals surface area contributed by atoms with Crippen molar-refractivity contribution in [1.82, 2.24) is 0 Å². The van der Waals surface area contributed by atoms with E-state index in [2.05, 4.69) is 11.1 Å². The average molecular weight is 200 g/mol. The second kappa shape index (κ2) is 4.14. The average Bonchev–Trinajstić information content (AvgIpc) is 2.78. The summed E-state index contributed by atoms with van der Waals surface area (Å²) in [7, 11) is 1.65. The standard InChI is InChI=1S/C12H12N2O/c1-15-11-4-2-10(3-5-11)12-6-9(7-13)8-14-12/h2-5,9H,6,8H2,1H3. The summed E-state index contributed by atoms with van der Waals surface area (Å²) in [6.07, 6.45) is 0.767. The zero-order valence-corrected chi connectivity index (χ0v) is 8.60. The van der Waals surface area contributed by atoms with E-state index in [1.807, 2.05) is 24.3 Å². The third-order valence-electron chi connectivity index (χ3n) is 2.55. The maximum atomic E-state index is 8.77. The number of aliphatic imine (C=N–C) groups is 1. The summed E-state index contributed by atoms with van der Waals surface area (Å²) < 4.78 is 5.08. The Kier molecular flexibility index (Phi) is 2.68. The summed E-state index contributed by atoms with van der Waals surface area (Å²) in [5, 5.41) is 8.77. The van der Waals surface area contributed by atoms with Crippen molar-refractivity contribution >= 4 is 5.71 Å². The molecule has 0 radical (unpaired) electrons. The number of benzene rings is 1. The zero-order valence-electron chi connectivity index (χ0n) is 8.60. The second-order valence-corrected chi connectivity index (χ2v) is 3.55. The molecule has 0 N–H and O–H groups in total. The first-order valence-electron chi connectivity index (χ1n) is 4.91. The quantitative estimate of drug-likeness (QED) is 0.733. The molecule has 0 amide bonds. The van der Waals surface area contributed by atoms with Gasteiger partial charge in [0, 0.05) is 12.1 Å². The number of hydrogen-bond acceptors (Lipinski definition) is 3. The Bertz CT molecular complexity index is 414. The van der Waals surface area contributed by atoms with Gasteiger partial charge >= 0.3 is 0 Å². The maximum absolute atomic E-state index is 8.77. The third-order valence-corrected chi connectivity index (χ3v) is 2.55. The number of rotatable bonds is 2. The van der Waals surface area contributed by atoms with Crippen molar-refractivity contribution in [1.29, 1.82) is 5.26 Å². The van der Waals surface area contributed by atoms with E-state index in [9.17, 15) is 0 Å². The first kappa shape index (κ1) is 9.72. The number of nitrogens with zero attached hydrogens (tertiary/aromatic N) is 2. The van der Waals surface area contributed by atoms with Crippen LogP contribution in [0.25, 0.3) is 0 Å². The van der Waals surface area contributed by atoms with Crippen LogP contribution in [0.15, 0.2) is 29.3 Å². The van der Waals surface area contributed by atoms with Gasteiger partial charge in [-0.3, -0.25) is 4.99 Å². The Labute approximate surface area is 89.0 Å². The lowest BCUT2D eigenvalue weighted by Gasteiger charge is -2.03. The molecule has 0 saturated carbocycles. The molecular weight excluding hydrogens is 188 g/mol. The lowest BCUT2D eigenvalue weighted by atomic mass is 10.0. The van der Waals surface area contributed by atoms with E-state index in [-0.39, 0.29) is 5.92 Å². The van der Waals surface area contributed by atoms with Crippen LogP contribution in [0.4, 0.5) is 0 Å². The molecule has 1 aliphatic rings. The summed E-state index contributed by atoms with van der Waals surface area (Å²) in [6.45, 7) is 0.637. The molecule has 3 heteroatoms. The molecule has 76 valence electrons. The summed E-state index contributed by atoms with van der Waals surface area (Å²) in [6, 6.07) is 10.0. The minimum absolute atomic E-state index is 0.0575. The number of methoxy groups -OCH3 is 1. The van der Waals surface area contributed by atoms with Crippen molar-refractivity contribution < 1.29 is 4.74 Å². The van der Waals surface area contributed by atoms with E-state index in [1.54, 1.807) is 7.11 Å². The largest absolute Gasteiger partial charge is 0.497 e. The molecular formula is C12H12N2O. The molecule has 0 aliphatic carbocycles. The van der Waals surface area contributed by atoms with E-state index in [1.165, 1.54) is 0 Å². The van der Waals surface area contributed by atoms with Gasteiger partial charge in [-0.25, -0.2) is 0 Å². The maximum Gasteiger partial charge on any atom is 0.118 e. The van der Waals surface area contributed by atoms with Gasteiger partial charge in [0.25, 0.3) is 0 Å². The van der Waals surface area contributed by atoms with Crippen LogP contribution in [0.1, 0.15) is 12.0 Å². The topological polar surface area (TPSA) is 45.4 Å². The van der Waals surface area contributed by atoms with Gasteiger partial charge in [0.05, 0.1) is 25.6 Å². The fraction of sp³-hybridized carbons (Fsp3) is 0.333. The molecule has 1 aliphatic heterocycles. The lowest BCUT2D eigenvalue weighted by Crippen LogP contribution is -2.00. The predicted molar refractivity (Wildman–Crippen MR) is 58.1 cm³/mol. The van der Waals surface area contributed by atoms with Gasteiger partial charge in [-0.15, -0.1) is 0 Å². The van der Waals surface area contributed by atoms with E-state index >= 15 is 0 Å². The van der Waals surface area contributed by atoms with Crippen LogP contribution in [0.3, 0.4) is 0 Å². The minimum atomic E-state index is 0.0575. The summed E-state index contributed by atoms with van der Waals surface area (Å²) in [5.41, 5.74) is 2.12. The second-order valence-electron chi connectivity index (χ2n) is 3.55. The van der Waals surface area contributed by atoms with Crippen LogP contribution in [-0.4, -0.2) is 19.4 Å². The highest BCUT2D eigenvalue weighted by atomic mass is 16.5. The molecule has 0 bridgehead atoms. The molecule has 1 unspecified atom stereocenters. The minimum Gasteiger partial charge on any atom is -0.497 e. The van der Waals surface area contributed by atoms with Crippen LogP contribution < -0.4 is 4.74 Å². The molecule has 0 saturated heterocycles. The fourth-order valence-corrected chi connectivity index (χ4v) is 1.66. The molecule has 0 fully saturated rings. The monoisotopic (exact) mass is 200 g/mol. The SMILES string of the molecule is COc1ccc(C2=NCC(C#N)C2)cc1. The molecule has 3 nitrogen and oxygen atoms in total. The van der Waals surface area contributed by atoms with Crippen molar-refractivity contribution in [2.24, 2.45) is 10.9 Å². The van der Waals surface area contributed by atoms with Gasteiger partial charge in [0.1, 0.15) is 5.75 Å². The van der Waals surface area contributed by atoms with Crippen molar-refractivity contribution in [2.75, 3.05) is 13.7 Å². The molecule has 2 rings (SSSR count). The lowest BCUT2D eigenvalue weighted by molar-refractivity contribution is 0.415. The Balaban J connectivity index is 2.15. The highest BCUT2D eigenvalue weighted by Crippen LogP contribution is 2.20. The van der Waals surface area contributed by atoms with Gasteiger partial charge in [0.15, 0.2) is 0 Å². The van der Waals surface area contributed by atoms with Gasteiger partial charge in [-0.2, -0.15) is 5.26 Å². The van der Waals surface area contributed by atoms with Crippen LogP contribution in [0.2, 0.25) is 0 Å². The van der Waals surface area contributed by atoms with Crippen molar-refractivity contribution in [3.05, 3.63) is 29.8 Å². The molecule has 0 aromatic heterocycles. The summed E-state index contributed by atoms with van der Waals surface area (Å²) >= 11 is 0. The molecule has 1 atom stereocenters. The Morgan fingerprint density at radius 2 is 2.13 bits per heavy atom. The van der Waals surface area contributed by atoms with Crippen LogP contribution in [-0.2, 0) is 0 Å². The summed E-state index contributed by atoms with van der Waals surface area (Å²) in [4.78, 5) is 4.37. The number of hydrogen-bond donors (Lipinski definition) is 0. The molecule has 15 heavy (non-hydrogen) atoms. The Morgan fingerprint density at radius 3 is 2.67 bits per heavy atom. The molecule has 1 aromatic carbocycles. The predicted octanol–water partition coefficient (Wildman–Crippen LogP) is 2.03. The van der Waals surface area contributed by atoms with Crippen LogP contribution >= 0.6 is 0 Å². The van der Waals surface area contributed by atoms with Gasteiger partial charge in [-0.05, 0) is 29.8 Å². The first-order chi connectivity index (χ1) is 7.33. The number of ether oxygens (including phenoxy) is 1. The smallest absolute Gasteiger partial charge is 0.118 e. The Morgan fingerprint density at radius 1 is 1.40 bits per heavy atom. The molecule has 0 spiro atoms. The van der Waals surface area contributed by atoms with Gasteiger partial charge in [-0.1, -0.05) is 0 Å². The van der Waals surface area contributed by atoms with E-state index in [0.29, 0.717) is 6.54 Å². The zero-order chi connectivity index (χ0) is 10.7. The van der Waals surface area contributed by atoms with Crippen LogP contribution in [0, 0.1) is 17.2 Å². The van der Waals surface area contributed by atoms with Gasteiger partial charge in [0.2, 0.25) is 0 Å². The van der Waals surface area contributed by atoms with E-state index in [4.69, 9.17) is 10.00 Å². The highest BCUT2D eigenvalue weighted by molar-refractivity contribution is 6.02. The molecule has 1 aromatic rings. The third kappa shape index (κ3) is 1.99. The number of nitriles is 1. The van der Waals surface area contributed by atoms with Crippen LogP contribution in [0.5, 0.6) is 5.75 Å². The van der Waals surface area contributed by atoms with E-state index < -0.39 is 0 Å². The fourth-order valence-electron chi connectivity index (χ4n) is 1.66. The molecule has 1 heterocycles. The highest BCUT2D eigenvalue weighted by Gasteiger charge is 2.18. The van der Waals surface area contributed by atoms with Crippen molar-refractivity contribution in [2.45, 2.75) is 6.42 Å². The first-order valence-corrected chi connectivity index (χ1v) is 4.91. The van der Waals surface area contributed by atoms with Gasteiger partial charge < -0.3 is 4.74 Å². The van der Waals surface area contributed by atoms with E-state index in [0.717, 1.165) is 23.4 Å².